The van der Waals surface area contributed by atoms with Crippen LogP contribution in [0, 0.1) is 3.57 Å². The lowest BCUT2D eigenvalue weighted by molar-refractivity contribution is 0.304. The molecule has 0 unspecified atom stereocenters. The average molecular weight is 301 g/mol. The Morgan fingerprint density at radius 2 is 2.07 bits per heavy atom. The van der Waals surface area contributed by atoms with Gasteiger partial charge in [0.15, 0.2) is 0 Å². The summed E-state index contributed by atoms with van der Waals surface area (Å²) in [6.07, 6.45) is 3.22. The van der Waals surface area contributed by atoms with Crippen molar-refractivity contribution in [3.8, 4) is 5.75 Å². The molecule has 0 aliphatic carbocycles. The minimum atomic E-state index is 0.490. The van der Waals surface area contributed by atoms with Gasteiger partial charge in [-0.25, -0.2) is 0 Å². The highest BCUT2D eigenvalue weighted by Crippen LogP contribution is 2.14. The standard InChI is InChI=1S/C10H8INO2/c11-9-1-3-10(4-2-9)13-6-8-5-12-14-7-8/h1-5,7H,6H2. The van der Waals surface area contributed by atoms with Crippen molar-refractivity contribution >= 4 is 22.6 Å². The maximum Gasteiger partial charge on any atom is 0.130 e. The van der Waals surface area contributed by atoms with Gasteiger partial charge in [0.2, 0.25) is 0 Å². The van der Waals surface area contributed by atoms with E-state index < -0.39 is 0 Å². The molecule has 3 nitrogen and oxygen atoms in total. The van der Waals surface area contributed by atoms with E-state index in [1.807, 2.05) is 24.3 Å². The second kappa shape index (κ2) is 4.45. The lowest BCUT2D eigenvalue weighted by atomic mass is 10.3. The quantitative estimate of drug-likeness (QED) is 0.818. The topological polar surface area (TPSA) is 35.3 Å². The maximum atomic E-state index is 5.50. The SMILES string of the molecule is Ic1ccc(OCc2cnoc2)cc1. The van der Waals surface area contributed by atoms with E-state index in [0.717, 1.165) is 11.3 Å². The number of hydrogen-bond acceptors (Lipinski definition) is 3. The Morgan fingerprint density at radius 3 is 2.71 bits per heavy atom. The molecule has 4 heteroatoms. The number of ether oxygens (including phenoxy) is 1. The van der Waals surface area contributed by atoms with E-state index in [0.29, 0.717) is 6.61 Å². The van der Waals surface area contributed by atoms with Crippen molar-refractivity contribution in [2.24, 2.45) is 0 Å². The molecule has 2 rings (SSSR count). The Hall–Kier alpha value is -1.04. The van der Waals surface area contributed by atoms with Crippen molar-refractivity contribution in [3.63, 3.8) is 0 Å². The minimum Gasteiger partial charge on any atom is -0.489 e. The molecule has 0 spiro atoms. The predicted octanol–water partition coefficient (Wildman–Crippen LogP) is 2.86. The summed E-state index contributed by atoms with van der Waals surface area (Å²) in [6, 6.07) is 7.89. The Labute approximate surface area is 95.2 Å². The summed E-state index contributed by atoms with van der Waals surface area (Å²) in [7, 11) is 0. The Balaban J connectivity index is 1.95. The monoisotopic (exact) mass is 301 g/mol. The van der Waals surface area contributed by atoms with Crippen LogP contribution >= 0.6 is 22.6 Å². The first kappa shape index (κ1) is 9.51. The van der Waals surface area contributed by atoms with E-state index in [1.54, 1.807) is 12.5 Å². The third-order valence-electron chi connectivity index (χ3n) is 1.70. The molecule has 0 aliphatic rings. The van der Waals surface area contributed by atoms with Crippen LogP contribution in [0.5, 0.6) is 5.75 Å². The average Bonchev–Trinajstić information content (AvgIpc) is 2.70. The number of hydrogen-bond donors (Lipinski definition) is 0. The zero-order chi connectivity index (χ0) is 9.80. The van der Waals surface area contributed by atoms with Gasteiger partial charge in [-0.3, -0.25) is 0 Å². The van der Waals surface area contributed by atoms with E-state index in [2.05, 4.69) is 27.7 Å². The van der Waals surface area contributed by atoms with Crippen molar-refractivity contribution in [1.29, 1.82) is 0 Å². The highest BCUT2D eigenvalue weighted by Gasteiger charge is 1.97. The van der Waals surface area contributed by atoms with Gasteiger partial charge in [-0.2, -0.15) is 0 Å². The first-order valence-corrected chi connectivity index (χ1v) is 5.19. The largest absolute Gasteiger partial charge is 0.489 e. The summed E-state index contributed by atoms with van der Waals surface area (Å²) in [6.45, 7) is 0.490. The summed E-state index contributed by atoms with van der Waals surface area (Å²) in [5.41, 5.74) is 0.934. The molecule has 0 atom stereocenters. The van der Waals surface area contributed by atoms with Crippen LogP contribution in [0.25, 0.3) is 0 Å². The minimum absolute atomic E-state index is 0.490. The first-order valence-electron chi connectivity index (χ1n) is 4.11. The van der Waals surface area contributed by atoms with Crippen LogP contribution in [-0.4, -0.2) is 5.16 Å². The van der Waals surface area contributed by atoms with E-state index >= 15 is 0 Å². The number of nitrogens with zero attached hydrogens (tertiary/aromatic N) is 1. The van der Waals surface area contributed by atoms with Crippen molar-refractivity contribution in [2.75, 3.05) is 0 Å². The second-order valence-electron chi connectivity index (χ2n) is 2.78. The number of halogens is 1. The van der Waals surface area contributed by atoms with Crippen LogP contribution in [0.4, 0.5) is 0 Å². The normalized spacial score (nSPS) is 10.1. The Morgan fingerprint density at radius 1 is 1.29 bits per heavy atom. The summed E-state index contributed by atoms with van der Waals surface area (Å²) < 4.78 is 11.4. The molecule has 1 aromatic carbocycles. The van der Waals surface area contributed by atoms with E-state index in [4.69, 9.17) is 9.26 Å². The predicted molar refractivity (Wildman–Crippen MR) is 60.0 cm³/mol. The van der Waals surface area contributed by atoms with Crippen LogP contribution < -0.4 is 4.74 Å². The fourth-order valence-corrected chi connectivity index (χ4v) is 1.36. The third kappa shape index (κ3) is 2.47. The van der Waals surface area contributed by atoms with Crippen LogP contribution in [0.15, 0.2) is 41.2 Å². The van der Waals surface area contributed by atoms with Gasteiger partial charge < -0.3 is 9.26 Å². The van der Waals surface area contributed by atoms with Gasteiger partial charge in [0.05, 0.1) is 6.20 Å². The van der Waals surface area contributed by atoms with Crippen molar-refractivity contribution in [2.45, 2.75) is 6.61 Å². The molecular weight excluding hydrogens is 293 g/mol. The van der Waals surface area contributed by atoms with Crippen LogP contribution in [0.2, 0.25) is 0 Å². The number of aromatic nitrogens is 1. The molecule has 0 saturated heterocycles. The summed E-state index contributed by atoms with van der Waals surface area (Å²) in [5, 5.41) is 3.59. The van der Waals surface area contributed by atoms with Gasteiger partial charge in [-0.05, 0) is 46.9 Å². The molecule has 0 amide bonds. The third-order valence-corrected chi connectivity index (χ3v) is 2.42. The van der Waals surface area contributed by atoms with Crippen LogP contribution in [0.3, 0.4) is 0 Å². The molecule has 72 valence electrons. The maximum absolute atomic E-state index is 5.50. The summed E-state index contributed by atoms with van der Waals surface area (Å²) in [5.74, 6) is 0.853. The summed E-state index contributed by atoms with van der Waals surface area (Å²) >= 11 is 2.25. The molecule has 0 N–H and O–H groups in total. The molecule has 0 aliphatic heterocycles. The Kier molecular flexibility index (Phi) is 3.03. The van der Waals surface area contributed by atoms with Crippen molar-refractivity contribution in [3.05, 3.63) is 45.9 Å². The van der Waals surface area contributed by atoms with Gasteiger partial charge in [0.25, 0.3) is 0 Å². The van der Waals surface area contributed by atoms with Crippen LogP contribution in [0.1, 0.15) is 5.56 Å². The van der Waals surface area contributed by atoms with E-state index in [1.165, 1.54) is 3.57 Å². The first-order chi connectivity index (χ1) is 6.84. The lowest BCUT2D eigenvalue weighted by Crippen LogP contribution is -1.93. The zero-order valence-electron chi connectivity index (χ0n) is 7.31. The highest BCUT2D eigenvalue weighted by molar-refractivity contribution is 14.1. The van der Waals surface area contributed by atoms with E-state index in [9.17, 15) is 0 Å². The Bertz CT molecular complexity index is 383. The molecular formula is C10H8INO2. The smallest absolute Gasteiger partial charge is 0.130 e. The highest BCUT2D eigenvalue weighted by atomic mass is 127. The molecule has 2 aromatic rings. The number of benzene rings is 1. The molecule has 0 bridgehead atoms. The van der Waals surface area contributed by atoms with Crippen molar-refractivity contribution in [1.82, 2.24) is 5.16 Å². The second-order valence-corrected chi connectivity index (χ2v) is 4.02. The lowest BCUT2D eigenvalue weighted by Gasteiger charge is -2.03. The fourth-order valence-electron chi connectivity index (χ4n) is 0.995. The molecule has 14 heavy (non-hydrogen) atoms. The summed E-state index contributed by atoms with van der Waals surface area (Å²) in [4.78, 5) is 0. The van der Waals surface area contributed by atoms with Gasteiger partial charge in [0, 0.05) is 9.13 Å². The van der Waals surface area contributed by atoms with Gasteiger partial charge in [-0.1, -0.05) is 5.16 Å². The fraction of sp³-hybridized carbons (Fsp3) is 0.100. The molecule has 0 fully saturated rings. The molecule has 1 heterocycles. The zero-order valence-corrected chi connectivity index (χ0v) is 9.47. The van der Waals surface area contributed by atoms with Gasteiger partial charge in [0.1, 0.15) is 18.6 Å². The molecule has 0 saturated carbocycles. The van der Waals surface area contributed by atoms with Gasteiger partial charge >= 0.3 is 0 Å². The molecule has 0 radical (unpaired) electrons. The van der Waals surface area contributed by atoms with E-state index in [-0.39, 0.29) is 0 Å². The number of rotatable bonds is 3. The van der Waals surface area contributed by atoms with Crippen LogP contribution in [-0.2, 0) is 6.61 Å². The molecule has 1 aromatic heterocycles. The van der Waals surface area contributed by atoms with Crippen molar-refractivity contribution < 1.29 is 9.26 Å². The van der Waals surface area contributed by atoms with Gasteiger partial charge in [-0.15, -0.1) is 0 Å².